The van der Waals surface area contributed by atoms with Crippen molar-refractivity contribution < 1.29 is 20.1 Å². The van der Waals surface area contributed by atoms with E-state index in [0.29, 0.717) is 36.0 Å². The Morgan fingerprint density at radius 3 is 2.64 bits per heavy atom. The van der Waals surface area contributed by atoms with E-state index < -0.39 is 12.1 Å². The maximum Gasteiger partial charge on any atom is 0.303 e. The van der Waals surface area contributed by atoms with Crippen LogP contribution in [0.4, 0.5) is 0 Å². The summed E-state index contributed by atoms with van der Waals surface area (Å²) in [5.41, 5.74) is 1.49. The summed E-state index contributed by atoms with van der Waals surface area (Å²) in [7, 11) is 0. The first kappa shape index (κ1) is 20.4. The van der Waals surface area contributed by atoms with Crippen molar-refractivity contribution in [3.8, 4) is 0 Å². The second-order valence-electron chi connectivity index (χ2n) is 10.9. The molecule has 4 aliphatic rings. The minimum Gasteiger partial charge on any atom is -0.481 e. The minimum atomic E-state index is -0.719. The summed E-state index contributed by atoms with van der Waals surface area (Å²) >= 11 is 0. The lowest BCUT2D eigenvalue weighted by molar-refractivity contribution is -0.137. The molecule has 4 nitrogen and oxygen atoms in total. The molecule has 3 saturated carbocycles. The number of carboxylic acid groups (broad SMARTS) is 1. The van der Waals surface area contributed by atoms with Gasteiger partial charge in [-0.25, -0.2) is 0 Å². The average Bonchev–Trinajstić information content (AvgIpc) is 3.00. The number of hydrogen-bond donors (Lipinski definition) is 3. The molecule has 0 heterocycles. The monoisotopic (exact) mass is 390 g/mol. The van der Waals surface area contributed by atoms with Crippen molar-refractivity contribution in [2.24, 2.45) is 40.4 Å². The number of aliphatic hydroxyl groups excluding tert-OH is 2. The predicted octanol–water partition coefficient (Wildman–Crippen LogP) is 4.40. The first-order chi connectivity index (χ1) is 13.2. The molecule has 0 aromatic carbocycles. The van der Waals surface area contributed by atoms with Gasteiger partial charge < -0.3 is 15.3 Å². The molecule has 28 heavy (non-hydrogen) atoms. The van der Waals surface area contributed by atoms with Gasteiger partial charge in [0.2, 0.25) is 0 Å². The molecule has 0 radical (unpaired) electrons. The van der Waals surface area contributed by atoms with Crippen LogP contribution in [0.25, 0.3) is 0 Å². The molecule has 0 spiro atoms. The topological polar surface area (TPSA) is 77.8 Å². The fourth-order valence-corrected chi connectivity index (χ4v) is 8.01. The highest BCUT2D eigenvalue weighted by molar-refractivity contribution is 5.66. The number of aliphatic hydroxyl groups is 2. The van der Waals surface area contributed by atoms with E-state index in [2.05, 4.69) is 26.8 Å². The van der Waals surface area contributed by atoms with Crippen LogP contribution < -0.4 is 0 Å². The molecule has 4 aliphatic carbocycles. The summed E-state index contributed by atoms with van der Waals surface area (Å²) in [6.45, 7) is 6.86. The summed E-state index contributed by atoms with van der Waals surface area (Å²) in [6.07, 6.45) is 10.0. The van der Waals surface area contributed by atoms with Gasteiger partial charge in [0.05, 0.1) is 12.2 Å². The Kier molecular flexibility index (Phi) is 5.19. The van der Waals surface area contributed by atoms with Crippen LogP contribution in [0.15, 0.2) is 11.6 Å². The first-order valence-electron chi connectivity index (χ1n) is 11.5. The molecule has 3 fully saturated rings. The molecule has 158 valence electrons. The fourth-order valence-electron chi connectivity index (χ4n) is 8.01. The van der Waals surface area contributed by atoms with Gasteiger partial charge in [0.15, 0.2) is 0 Å². The maximum absolute atomic E-state index is 11.4. The van der Waals surface area contributed by atoms with E-state index in [1.54, 1.807) is 0 Å². The van der Waals surface area contributed by atoms with Crippen molar-refractivity contribution in [1.82, 2.24) is 0 Å². The maximum atomic E-state index is 11.4. The zero-order valence-corrected chi connectivity index (χ0v) is 17.7. The highest BCUT2D eigenvalue weighted by Gasteiger charge is 2.60. The summed E-state index contributed by atoms with van der Waals surface area (Å²) < 4.78 is 0. The molecule has 4 rings (SSSR count). The van der Waals surface area contributed by atoms with Crippen LogP contribution in [-0.2, 0) is 4.79 Å². The normalized spacial score (nSPS) is 48.8. The lowest BCUT2D eigenvalue weighted by Gasteiger charge is -2.58. The van der Waals surface area contributed by atoms with E-state index in [-0.39, 0.29) is 23.4 Å². The van der Waals surface area contributed by atoms with Crippen molar-refractivity contribution in [2.75, 3.05) is 0 Å². The molecule has 9 atom stereocenters. The highest BCUT2D eigenvalue weighted by Crippen LogP contribution is 2.66. The van der Waals surface area contributed by atoms with E-state index in [1.807, 2.05) is 0 Å². The number of aliphatic carboxylic acids is 1. The second-order valence-corrected chi connectivity index (χ2v) is 10.9. The van der Waals surface area contributed by atoms with E-state index in [9.17, 15) is 15.0 Å². The van der Waals surface area contributed by atoms with Crippen molar-refractivity contribution >= 4 is 5.97 Å². The van der Waals surface area contributed by atoms with Crippen molar-refractivity contribution in [3.63, 3.8) is 0 Å². The Morgan fingerprint density at radius 1 is 1.18 bits per heavy atom. The Bertz CT molecular complexity index is 657. The number of fused-ring (bicyclic) bond motifs is 5. The van der Waals surface area contributed by atoms with Crippen LogP contribution in [-0.4, -0.2) is 33.5 Å². The van der Waals surface area contributed by atoms with Crippen LogP contribution in [0.2, 0.25) is 0 Å². The quantitative estimate of drug-likeness (QED) is 0.622. The number of carboxylic acids is 1. The zero-order chi connectivity index (χ0) is 20.3. The Labute approximate surface area is 169 Å². The van der Waals surface area contributed by atoms with E-state index >= 15 is 0 Å². The molecular weight excluding hydrogens is 352 g/mol. The summed E-state index contributed by atoms with van der Waals surface area (Å²) in [5.74, 6) is 1.60. The Balaban J connectivity index is 1.62. The molecule has 4 heteroatoms. The van der Waals surface area contributed by atoms with Gasteiger partial charge in [-0.05, 0) is 86.4 Å². The van der Waals surface area contributed by atoms with Gasteiger partial charge in [-0.2, -0.15) is 0 Å². The molecule has 0 aromatic heterocycles. The largest absolute Gasteiger partial charge is 0.481 e. The van der Waals surface area contributed by atoms with Gasteiger partial charge >= 0.3 is 5.97 Å². The molecule has 0 saturated heterocycles. The summed E-state index contributed by atoms with van der Waals surface area (Å²) in [4.78, 5) is 11.0. The van der Waals surface area contributed by atoms with Gasteiger partial charge in [-0.15, -0.1) is 0 Å². The van der Waals surface area contributed by atoms with E-state index in [4.69, 9.17) is 5.11 Å². The van der Waals surface area contributed by atoms with Crippen molar-refractivity contribution in [1.29, 1.82) is 0 Å². The number of carbonyl (C=O) groups is 1. The number of rotatable bonds is 4. The highest BCUT2D eigenvalue weighted by atomic mass is 16.4. The molecule has 0 bridgehead atoms. The van der Waals surface area contributed by atoms with E-state index in [0.717, 1.165) is 32.1 Å². The van der Waals surface area contributed by atoms with Crippen molar-refractivity contribution in [3.05, 3.63) is 11.6 Å². The zero-order valence-electron chi connectivity index (χ0n) is 17.7. The Hall–Kier alpha value is -0.870. The minimum absolute atomic E-state index is 0.135. The number of hydrogen-bond acceptors (Lipinski definition) is 3. The van der Waals surface area contributed by atoms with Gasteiger partial charge in [0.1, 0.15) is 0 Å². The fraction of sp³-hybridized carbons (Fsp3) is 0.875. The molecular formula is C24H38O4. The average molecular weight is 391 g/mol. The van der Waals surface area contributed by atoms with Crippen LogP contribution >= 0.6 is 0 Å². The van der Waals surface area contributed by atoms with Gasteiger partial charge in [0, 0.05) is 11.8 Å². The second kappa shape index (κ2) is 7.12. The molecule has 0 unspecified atom stereocenters. The van der Waals surface area contributed by atoms with Crippen LogP contribution in [0.3, 0.4) is 0 Å². The van der Waals surface area contributed by atoms with Crippen LogP contribution in [0, 0.1) is 40.4 Å². The van der Waals surface area contributed by atoms with E-state index in [1.165, 1.54) is 18.4 Å². The van der Waals surface area contributed by atoms with Gasteiger partial charge in [0.25, 0.3) is 0 Å². The molecule has 3 N–H and O–H groups in total. The van der Waals surface area contributed by atoms with Gasteiger partial charge in [-0.3, -0.25) is 4.79 Å². The summed E-state index contributed by atoms with van der Waals surface area (Å²) in [6, 6.07) is 0. The lowest BCUT2D eigenvalue weighted by Crippen LogP contribution is -2.53. The predicted molar refractivity (Wildman–Crippen MR) is 109 cm³/mol. The molecule has 0 amide bonds. The third-order valence-corrected chi connectivity index (χ3v) is 9.69. The smallest absolute Gasteiger partial charge is 0.303 e. The third-order valence-electron chi connectivity index (χ3n) is 9.69. The van der Waals surface area contributed by atoms with Gasteiger partial charge in [-0.1, -0.05) is 32.4 Å². The number of allylic oxidation sites excluding steroid dienone is 1. The Morgan fingerprint density at radius 2 is 1.93 bits per heavy atom. The standard InChI is InChI=1S/C24H38O4/c1-14(4-9-22(27)28)18-7-8-19-17-6-5-15-12-16(25)10-11-23(15,2)20(17)13-21(26)24(18,19)3/h13-19,21,25-26H,4-12H2,1-3H3,(H,27,28)/t14-,15-,16-,17+,18-,19+,21-,23+,24-/m1/s1. The molecule has 0 aliphatic heterocycles. The SMILES string of the molecule is C[C@H](CCC(=O)O)[C@H]1CC[C@H]2[C@@H]3CC[C@@H]4C[C@H](O)CC[C@]4(C)C3=C[C@@H](O)[C@]12C. The summed E-state index contributed by atoms with van der Waals surface area (Å²) in [5, 5.41) is 30.7. The van der Waals surface area contributed by atoms with Crippen LogP contribution in [0.1, 0.15) is 78.6 Å². The van der Waals surface area contributed by atoms with Crippen molar-refractivity contribution in [2.45, 2.75) is 90.8 Å². The lowest BCUT2D eigenvalue weighted by atomic mass is 9.47. The third kappa shape index (κ3) is 2.98. The first-order valence-corrected chi connectivity index (χ1v) is 11.5. The molecule has 0 aromatic rings. The van der Waals surface area contributed by atoms with Crippen LogP contribution in [0.5, 0.6) is 0 Å².